The van der Waals surface area contributed by atoms with E-state index in [0.717, 1.165) is 48.1 Å². The molecule has 0 atom stereocenters. The molecule has 0 saturated heterocycles. The van der Waals surface area contributed by atoms with Gasteiger partial charge >= 0.3 is 0 Å². The SMILES string of the molecule is CCCCn1c(C(=O)NCCc2c[nH]c3ccccc23)c(C)c2ccccc21. The lowest BCUT2D eigenvalue weighted by atomic mass is 10.1. The maximum absolute atomic E-state index is 13.1. The number of hydrogen-bond acceptors (Lipinski definition) is 1. The van der Waals surface area contributed by atoms with Gasteiger partial charge < -0.3 is 14.9 Å². The molecular formula is C24H27N3O. The van der Waals surface area contributed by atoms with E-state index < -0.39 is 0 Å². The Balaban J connectivity index is 1.54. The Morgan fingerprint density at radius 3 is 2.64 bits per heavy atom. The van der Waals surface area contributed by atoms with Gasteiger partial charge in [-0.25, -0.2) is 0 Å². The Morgan fingerprint density at radius 1 is 1.07 bits per heavy atom. The average molecular weight is 374 g/mol. The summed E-state index contributed by atoms with van der Waals surface area (Å²) in [7, 11) is 0. The minimum Gasteiger partial charge on any atom is -0.361 e. The van der Waals surface area contributed by atoms with E-state index >= 15 is 0 Å². The number of aromatic amines is 1. The molecule has 0 aliphatic carbocycles. The molecule has 1 amide bonds. The number of nitrogens with one attached hydrogen (secondary N) is 2. The van der Waals surface area contributed by atoms with Crippen molar-refractivity contribution in [3.05, 3.63) is 71.5 Å². The van der Waals surface area contributed by atoms with Crippen molar-refractivity contribution in [3.8, 4) is 0 Å². The first-order chi connectivity index (χ1) is 13.7. The summed E-state index contributed by atoms with van der Waals surface area (Å²) in [5.41, 5.74) is 5.39. The number of H-pyrrole nitrogens is 1. The van der Waals surface area contributed by atoms with Crippen molar-refractivity contribution in [3.63, 3.8) is 0 Å². The molecule has 4 rings (SSSR count). The number of nitrogens with zero attached hydrogens (tertiary/aromatic N) is 1. The Kier molecular flexibility index (Phi) is 5.20. The Morgan fingerprint density at radius 2 is 1.82 bits per heavy atom. The van der Waals surface area contributed by atoms with Gasteiger partial charge in [0.05, 0.1) is 0 Å². The van der Waals surface area contributed by atoms with E-state index in [1.54, 1.807) is 0 Å². The number of hydrogen-bond donors (Lipinski definition) is 2. The van der Waals surface area contributed by atoms with E-state index in [4.69, 9.17) is 0 Å². The van der Waals surface area contributed by atoms with Crippen molar-refractivity contribution in [1.29, 1.82) is 0 Å². The Bertz CT molecular complexity index is 1120. The molecule has 0 unspecified atom stereocenters. The van der Waals surface area contributed by atoms with Crippen LogP contribution in [0, 0.1) is 6.92 Å². The second-order valence-corrected chi connectivity index (χ2v) is 7.36. The molecule has 0 saturated carbocycles. The van der Waals surface area contributed by atoms with Crippen LogP contribution in [0.2, 0.25) is 0 Å². The molecule has 4 aromatic rings. The number of benzene rings is 2. The summed E-state index contributed by atoms with van der Waals surface area (Å²) >= 11 is 0. The molecule has 2 aromatic heterocycles. The van der Waals surface area contributed by atoms with Gasteiger partial charge in [0.15, 0.2) is 0 Å². The number of amides is 1. The molecule has 0 radical (unpaired) electrons. The number of para-hydroxylation sites is 2. The topological polar surface area (TPSA) is 49.8 Å². The Labute approximate surface area is 165 Å². The first-order valence-electron chi connectivity index (χ1n) is 10.1. The molecule has 2 N–H and O–H groups in total. The van der Waals surface area contributed by atoms with Gasteiger partial charge in [0.25, 0.3) is 5.91 Å². The third-order valence-electron chi connectivity index (χ3n) is 5.53. The summed E-state index contributed by atoms with van der Waals surface area (Å²) in [5, 5.41) is 5.54. The smallest absolute Gasteiger partial charge is 0.268 e. The zero-order valence-corrected chi connectivity index (χ0v) is 16.6. The highest BCUT2D eigenvalue weighted by molar-refractivity contribution is 6.01. The van der Waals surface area contributed by atoms with Crippen LogP contribution in [0.5, 0.6) is 0 Å². The lowest BCUT2D eigenvalue weighted by molar-refractivity contribution is 0.0944. The van der Waals surface area contributed by atoms with Crippen LogP contribution in [-0.2, 0) is 13.0 Å². The molecule has 0 bridgehead atoms. The fraction of sp³-hybridized carbons (Fsp3) is 0.292. The molecule has 4 heteroatoms. The van der Waals surface area contributed by atoms with Crippen LogP contribution in [-0.4, -0.2) is 22.0 Å². The van der Waals surface area contributed by atoms with Crippen molar-refractivity contribution in [2.75, 3.05) is 6.54 Å². The van der Waals surface area contributed by atoms with Crippen LogP contribution in [0.1, 0.15) is 41.4 Å². The molecule has 28 heavy (non-hydrogen) atoms. The molecule has 4 nitrogen and oxygen atoms in total. The van der Waals surface area contributed by atoms with Crippen molar-refractivity contribution in [2.45, 2.75) is 39.7 Å². The highest BCUT2D eigenvalue weighted by Gasteiger charge is 2.19. The fourth-order valence-corrected chi connectivity index (χ4v) is 4.05. The minimum atomic E-state index is 0.0182. The third kappa shape index (κ3) is 3.31. The molecule has 0 fully saturated rings. The maximum Gasteiger partial charge on any atom is 0.268 e. The largest absolute Gasteiger partial charge is 0.361 e. The molecule has 0 aliphatic heterocycles. The summed E-state index contributed by atoms with van der Waals surface area (Å²) in [4.78, 5) is 16.4. The van der Waals surface area contributed by atoms with Gasteiger partial charge in [0.2, 0.25) is 0 Å². The van der Waals surface area contributed by atoms with Gasteiger partial charge in [-0.2, -0.15) is 0 Å². The van der Waals surface area contributed by atoms with Crippen LogP contribution in [0.15, 0.2) is 54.7 Å². The summed E-state index contributed by atoms with van der Waals surface area (Å²) in [6.45, 7) is 5.73. The van der Waals surface area contributed by atoms with Crippen molar-refractivity contribution >= 4 is 27.7 Å². The Hall–Kier alpha value is -3.01. The maximum atomic E-state index is 13.1. The summed E-state index contributed by atoms with van der Waals surface area (Å²) in [6.07, 6.45) is 5.02. The molecular weight excluding hydrogens is 346 g/mol. The average Bonchev–Trinajstić information content (AvgIpc) is 3.26. The van der Waals surface area contributed by atoms with E-state index in [1.807, 2.05) is 30.5 Å². The molecule has 0 spiro atoms. The van der Waals surface area contributed by atoms with Gasteiger partial charge in [-0.3, -0.25) is 4.79 Å². The lowest BCUT2D eigenvalue weighted by Gasteiger charge is -2.11. The van der Waals surface area contributed by atoms with E-state index in [9.17, 15) is 4.79 Å². The number of aryl methyl sites for hydroxylation is 2. The first kappa shape index (κ1) is 18.4. The number of fused-ring (bicyclic) bond motifs is 2. The minimum absolute atomic E-state index is 0.0182. The van der Waals surface area contributed by atoms with E-state index in [0.29, 0.717) is 6.54 Å². The number of unbranched alkanes of at least 4 members (excludes halogenated alkanes) is 1. The van der Waals surface area contributed by atoms with Gasteiger partial charge in [-0.1, -0.05) is 49.7 Å². The second-order valence-electron chi connectivity index (χ2n) is 7.36. The number of rotatable bonds is 7. The number of carbonyl (C=O) groups excluding carboxylic acids is 1. The molecule has 144 valence electrons. The van der Waals surface area contributed by atoms with Crippen molar-refractivity contribution < 1.29 is 4.79 Å². The highest BCUT2D eigenvalue weighted by Crippen LogP contribution is 2.26. The fourth-order valence-electron chi connectivity index (χ4n) is 4.05. The van der Waals surface area contributed by atoms with Crippen molar-refractivity contribution in [1.82, 2.24) is 14.9 Å². The standard InChI is InChI=1S/C24H27N3O/c1-3-4-15-27-22-12-8-6-9-19(22)17(2)23(27)24(28)25-14-13-18-16-26-21-11-7-5-10-20(18)21/h5-12,16,26H,3-4,13-15H2,1-2H3,(H,25,28). The predicted molar refractivity (Wildman–Crippen MR) is 116 cm³/mol. The van der Waals surface area contributed by atoms with E-state index in [-0.39, 0.29) is 5.91 Å². The molecule has 2 aromatic carbocycles. The summed E-state index contributed by atoms with van der Waals surface area (Å²) < 4.78 is 2.19. The predicted octanol–water partition coefficient (Wildman–Crippen LogP) is 5.20. The van der Waals surface area contributed by atoms with Crippen LogP contribution >= 0.6 is 0 Å². The van der Waals surface area contributed by atoms with Crippen LogP contribution in [0.3, 0.4) is 0 Å². The quantitative estimate of drug-likeness (QED) is 0.459. The van der Waals surface area contributed by atoms with Crippen LogP contribution < -0.4 is 5.32 Å². The monoisotopic (exact) mass is 373 g/mol. The van der Waals surface area contributed by atoms with Gasteiger partial charge in [-0.05, 0) is 43.0 Å². The van der Waals surface area contributed by atoms with Gasteiger partial charge in [0, 0.05) is 41.1 Å². The van der Waals surface area contributed by atoms with Crippen molar-refractivity contribution in [2.24, 2.45) is 0 Å². The normalized spacial score (nSPS) is 11.4. The summed E-state index contributed by atoms with van der Waals surface area (Å²) in [5.74, 6) is 0.0182. The van der Waals surface area contributed by atoms with Crippen LogP contribution in [0.4, 0.5) is 0 Å². The van der Waals surface area contributed by atoms with Gasteiger partial charge in [0.1, 0.15) is 5.69 Å². The second kappa shape index (κ2) is 7.93. The molecule has 2 heterocycles. The lowest BCUT2D eigenvalue weighted by Crippen LogP contribution is -2.28. The van der Waals surface area contributed by atoms with E-state index in [2.05, 4.69) is 53.0 Å². The highest BCUT2D eigenvalue weighted by atomic mass is 16.1. The van der Waals surface area contributed by atoms with E-state index in [1.165, 1.54) is 16.3 Å². The summed E-state index contributed by atoms with van der Waals surface area (Å²) in [6, 6.07) is 16.6. The number of carbonyl (C=O) groups is 1. The van der Waals surface area contributed by atoms with Gasteiger partial charge in [-0.15, -0.1) is 0 Å². The first-order valence-corrected chi connectivity index (χ1v) is 10.1. The molecule has 0 aliphatic rings. The van der Waals surface area contributed by atoms with Crippen LogP contribution in [0.25, 0.3) is 21.8 Å². The zero-order chi connectivity index (χ0) is 19.5. The zero-order valence-electron chi connectivity index (χ0n) is 16.6. The number of aromatic nitrogens is 2. The third-order valence-corrected chi connectivity index (χ3v) is 5.53.